The zero-order valence-electron chi connectivity index (χ0n) is 14.4. The maximum Gasteiger partial charge on any atom is 0.260 e. The SMILES string of the molecule is CC(=O)N[C@]1([C@H](O)c2c[nH]c3ncccc23)C(=O)N(C)c2ccccc21. The van der Waals surface area contributed by atoms with Gasteiger partial charge < -0.3 is 20.3 Å². The molecule has 0 fully saturated rings. The first-order valence-corrected chi connectivity index (χ1v) is 8.23. The number of rotatable bonds is 3. The third-order valence-electron chi connectivity index (χ3n) is 4.89. The second-order valence-corrected chi connectivity index (χ2v) is 6.42. The molecule has 0 saturated carbocycles. The van der Waals surface area contributed by atoms with Crippen LogP contribution in [0.2, 0.25) is 0 Å². The van der Waals surface area contributed by atoms with E-state index < -0.39 is 17.6 Å². The van der Waals surface area contributed by atoms with Crippen molar-refractivity contribution in [2.75, 3.05) is 11.9 Å². The number of carbonyl (C=O) groups excluding carboxylic acids is 2. The number of benzene rings is 1. The molecule has 26 heavy (non-hydrogen) atoms. The summed E-state index contributed by atoms with van der Waals surface area (Å²) < 4.78 is 0. The predicted molar refractivity (Wildman–Crippen MR) is 96.4 cm³/mol. The molecule has 0 spiro atoms. The molecule has 1 aromatic carbocycles. The summed E-state index contributed by atoms with van der Waals surface area (Å²) in [5.41, 5.74) is 0.728. The minimum Gasteiger partial charge on any atom is -0.385 e. The van der Waals surface area contributed by atoms with Crippen molar-refractivity contribution in [3.8, 4) is 0 Å². The molecule has 7 heteroatoms. The van der Waals surface area contributed by atoms with Crippen molar-refractivity contribution in [2.45, 2.75) is 18.6 Å². The number of aromatic amines is 1. The number of hydrogen-bond acceptors (Lipinski definition) is 4. The average Bonchev–Trinajstić information content (AvgIpc) is 3.16. The quantitative estimate of drug-likeness (QED) is 0.668. The van der Waals surface area contributed by atoms with Crippen molar-refractivity contribution < 1.29 is 14.7 Å². The van der Waals surface area contributed by atoms with Gasteiger partial charge in [0.05, 0.1) is 0 Å². The number of amides is 2. The number of aliphatic hydroxyl groups excluding tert-OH is 1. The van der Waals surface area contributed by atoms with Crippen LogP contribution in [0.4, 0.5) is 5.69 Å². The Morgan fingerprint density at radius 3 is 2.85 bits per heavy atom. The number of H-pyrrole nitrogens is 1. The molecule has 2 aromatic heterocycles. The Morgan fingerprint density at radius 1 is 1.31 bits per heavy atom. The number of carbonyl (C=O) groups is 2. The lowest BCUT2D eigenvalue weighted by molar-refractivity contribution is -0.135. The number of nitrogens with one attached hydrogen (secondary N) is 2. The molecule has 2 atom stereocenters. The topological polar surface area (TPSA) is 98.3 Å². The van der Waals surface area contributed by atoms with E-state index >= 15 is 0 Å². The minimum atomic E-state index is -1.60. The summed E-state index contributed by atoms with van der Waals surface area (Å²) in [5, 5.41) is 14.8. The highest BCUT2D eigenvalue weighted by molar-refractivity contribution is 6.09. The van der Waals surface area contributed by atoms with Crippen molar-refractivity contribution in [1.29, 1.82) is 0 Å². The molecule has 3 heterocycles. The van der Waals surface area contributed by atoms with E-state index in [2.05, 4.69) is 15.3 Å². The Hall–Kier alpha value is -3.19. The standard InChI is InChI=1S/C19H18N4O3/c1-11(24)22-19(14-7-3-4-8-15(14)23(2)18(19)26)16(25)13-10-21-17-12(13)6-5-9-20-17/h3-10,16,25H,1-2H3,(H,20,21)(H,22,24)/t16-,19-/m1/s1. The molecule has 0 bridgehead atoms. The summed E-state index contributed by atoms with van der Waals surface area (Å²) in [6, 6.07) is 10.7. The molecule has 0 aliphatic carbocycles. The number of nitrogens with zero attached hydrogens (tertiary/aromatic N) is 2. The lowest BCUT2D eigenvalue weighted by atomic mass is 9.82. The lowest BCUT2D eigenvalue weighted by Gasteiger charge is -2.33. The summed E-state index contributed by atoms with van der Waals surface area (Å²) >= 11 is 0. The number of likely N-dealkylation sites (N-methyl/N-ethyl adjacent to an activating group) is 1. The Bertz CT molecular complexity index is 1030. The highest BCUT2D eigenvalue weighted by Gasteiger charge is 2.56. The van der Waals surface area contributed by atoms with Crippen LogP contribution < -0.4 is 10.2 Å². The summed E-state index contributed by atoms with van der Waals surface area (Å²) in [4.78, 5) is 33.9. The van der Waals surface area contributed by atoms with Crippen LogP contribution in [0, 0.1) is 0 Å². The van der Waals surface area contributed by atoms with E-state index in [0.717, 1.165) is 0 Å². The normalized spacial score (nSPS) is 20.3. The van der Waals surface area contributed by atoms with Gasteiger partial charge in [-0.15, -0.1) is 0 Å². The molecule has 0 saturated heterocycles. The zero-order valence-corrected chi connectivity index (χ0v) is 14.4. The molecule has 2 amide bonds. The molecule has 0 unspecified atom stereocenters. The average molecular weight is 350 g/mol. The first kappa shape index (κ1) is 16.3. The van der Waals surface area contributed by atoms with Gasteiger partial charge in [-0.05, 0) is 18.2 Å². The molecule has 3 N–H and O–H groups in total. The summed E-state index contributed by atoms with van der Waals surface area (Å²) in [7, 11) is 1.63. The third kappa shape index (κ3) is 2.07. The van der Waals surface area contributed by atoms with Crippen LogP contribution in [0.3, 0.4) is 0 Å². The summed E-state index contributed by atoms with van der Waals surface area (Å²) in [6.07, 6.45) is 1.98. The van der Waals surface area contributed by atoms with E-state index in [9.17, 15) is 14.7 Å². The molecule has 3 aromatic rings. The predicted octanol–water partition coefficient (Wildman–Crippen LogP) is 1.60. The van der Waals surface area contributed by atoms with E-state index in [4.69, 9.17) is 0 Å². The molecule has 132 valence electrons. The van der Waals surface area contributed by atoms with E-state index in [1.165, 1.54) is 11.8 Å². The first-order valence-electron chi connectivity index (χ1n) is 8.23. The number of anilines is 1. The highest BCUT2D eigenvalue weighted by Crippen LogP contribution is 2.47. The Morgan fingerprint density at radius 2 is 2.08 bits per heavy atom. The molecule has 1 aliphatic rings. The van der Waals surface area contributed by atoms with Crippen LogP contribution in [0.25, 0.3) is 11.0 Å². The van der Waals surface area contributed by atoms with Gasteiger partial charge in [0.1, 0.15) is 11.8 Å². The van der Waals surface area contributed by atoms with Crippen molar-refractivity contribution in [3.05, 3.63) is 59.9 Å². The Balaban J connectivity index is 1.96. The van der Waals surface area contributed by atoms with Crippen LogP contribution in [-0.2, 0) is 15.1 Å². The molecule has 4 rings (SSSR count). The van der Waals surface area contributed by atoms with Gasteiger partial charge in [0, 0.05) is 48.6 Å². The Kier molecular flexibility index (Phi) is 3.55. The number of para-hydroxylation sites is 1. The maximum absolute atomic E-state index is 13.2. The zero-order chi connectivity index (χ0) is 18.5. The van der Waals surface area contributed by atoms with Gasteiger partial charge in [0.25, 0.3) is 5.91 Å². The van der Waals surface area contributed by atoms with Gasteiger partial charge in [-0.1, -0.05) is 18.2 Å². The largest absolute Gasteiger partial charge is 0.385 e. The fraction of sp³-hybridized carbons (Fsp3) is 0.211. The van der Waals surface area contributed by atoms with Crippen LogP contribution in [0.15, 0.2) is 48.8 Å². The van der Waals surface area contributed by atoms with E-state index in [1.54, 1.807) is 43.7 Å². The molecule has 7 nitrogen and oxygen atoms in total. The van der Waals surface area contributed by atoms with Crippen molar-refractivity contribution in [1.82, 2.24) is 15.3 Å². The monoisotopic (exact) mass is 350 g/mol. The number of aliphatic hydroxyl groups is 1. The number of aromatic nitrogens is 2. The van der Waals surface area contributed by atoms with Gasteiger partial charge in [0.2, 0.25) is 5.91 Å². The van der Waals surface area contributed by atoms with Gasteiger partial charge >= 0.3 is 0 Å². The van der Waals surface area contributed by atoms with Crippen LogP contribution >= 0.6 is 0 Å². The van der Waals surface area contributed by atoms with E-state index in [-0.39, 0.29) is 5.91 Å². The maximum atomic E-state index is 13.2. The van der Waals surface area contributed by atoms with Gasteiger partial charge in [-0.2, -0.15) is 0 Å². The second-order valence-electron chi connectivity index (χ2n) is 6.42. The fourth-order valence-electron chi connectivity index (χ4n) is 3.76. The second kappa shape index (κ2) is 5.67. The summed E-state index contributed by atoms with van der Waals surface area (Å²) in [5.74, 6) is -0.792. The molecule has 0 radical (unpaired) electrons. The first-order chi connectivity index (χ1) is 12.5. The minimum absolute atomic E-state index is 0.389. The van der Waals surface area contributed by atoms with Crippen molar-refractivity contribution >= 4 is 28.5 Å². The van der Waals surface area contributed by atoms with E-state index in [0.29, 0.717) is 27.8 Å². The Labute approximate surface area is 149 Å². The number of hydrogen-bond donors (Lipinski definition) is 3. The molecule has 1 aliphatic heterocycles. The van der Waals surface area contributed by atoms with Gasteiger partial charge in [-0.25, -0.2) is 4.98 Å². The number of pyridine rings is 1. The molecular weight excluding hydrogens is 332 g/mol. The van der Waals surface area contributed by atoms with Crippen LogP contribution in [-0.4, -0.2) is 33.9 Å². The van der Waals surface area contributed by atoms with Crippen molar-refractivity contribution in [2.24, 2.45) is 0 Å². The third-order valence-corrected chi connectivity index (χ3v) is 4.89. The van der Waals surface area contributed by atoms with Gasteiger partial charge in [-0.3, -0.25) is 9.59 Å². The van der Waals surface area contributed by atoms with Crippen LogP contribution in [0.1, 0.15) is 24.2 Å². The van der Waals surface area contributed by atoms with Crippen molar-refractivity contribution in [3.63, 3.8) is 0 Å². The smallest absolute Gasteiger partial charge is 0.260 e. The number of fused-ring (bicyclic) bond motifs is 2. The summed E-state index contributed by atoms with van der Waals surface area (Å²) in [6.45, 7) is 1.33. The van der Waals surface area contributed by atoms with E-state index in [1.807, 2.05) is 12.1 Å². The lowest BCUT2D eigenvalue weighted by Crippen LogP contribution is -2.55. The van der Waals surface area contributed by atoms with Crippen LogP contribution in [0.5, 0.6) is 0 Å². The fourth-order valence-corrected chi connectivity index (χ4v) is 3.76. The highest BCUT2D eigenvalue weighted by atomic mass is 16.3. The van der Waals surface area contributed by atoms with Gasteiger partial charge in [0.15, 0.2) is 5.54 Å². The molecular formula is C19H18N4O3.